The second kappa shape index (κ2) is 5.92. The minimum atomic E-state index is -3.96. The van der Waals surface area contributed by atoms with Gasteiger partial charge < -0.3 is 5.11 Å². The Bertz CT molecular complexity index is 802. The average molecular weight is 365 g/mol. The predicted octanol–water partition coefficient (Wildman–Crippen LogP) is 2.13. The highest BCUT2D eigenvalue weighted by molar-refractivity contribution is 7.89. The predicted molar refractivity (Wildman–Crippen MR) is 92.3 cm³/mol. The molecule has 0 spiro atoms. The molecule has 2 saturated carbocycles. The van der Waals surface area contributed by atoms with E-state index in [0.29, 0.717) is 18.4 Å². The molecule has 3 atom stereocenters. The standard InChI is InChI=1S/C18H23NO5S/c1-17(2)13-8-9-18(17,14(20)10-13)11-25(23,24)19-15(16(21)22)12-6-4-3-5-7-12/h3-7,13,15,19H,8-11H2,1-2H3,(H,21,22)/t13-,15+,18-/m1/s1. The van der Waals surface area contributed by atoms with Gasteiger partial charge in [-0.2, -0.15) is 4.72 Å². The van der Waals surface area contributed by atoms with Gasteiger partial charge in [0.05, 0.1) is 5.75 Å². The zero-order chi connectivity index (χ0) is 18.5. The molecule has 2 aliphatic carbocycles. The Labute approximate surface area is 147 Å². The van der Waals surface area contributed by atoms with Gasteiger partial charge in [-0.1, -0.05) is 44.2 Å². The number of benzene rings is 1. The quantitative estimate of drug-likeness (QED) is 0.804. The van der Waals surface area contributed by atoms with Gasteiger partial charge in [0.2, 0.25) is 10.0 Å². The molecule has 0 saturated heterocycles. The molecule has 0 aliphatic heterocycles. The lowest BCUT2D eigenvalue weighted by molar-refractivity contribution is -0.139. The van der Waals surface area contributed by atoms with Crippen molar-refractivity contribution in [2.75, 3.05) is 5.75 Å². The number of carboxylic acid groups (broad SMARTS) is 1. The molecule has 0 amide bonds. The van der Waals surface area contributed by atoms with Gasteiger partial charge in [-0.15, -0.1) is 0 Å². The van der Waals surface area contributed by atoms with Crippen LogP contribution in [0.2, 0.25) is 0 Å². The van der Waals surface area contributed by atoms with Crippen LogP contribution in [0, 0.1) is 16.7 Å². The number of carboxylic acids is 1. The SMILES string of the molecule is CC1(C)[C@@H]2CC[C@@]1(CS(=O)(=O)N[C@H](C(=O)O)c1ccccc1)C(=O)C2. The summed E-state index contributed by atoms with van der Waals surface area (Å²) in [5.41, 5.74) is -0.939. The molecule has 2 bridgehead atoms. The molecule has 7 heteroatoms. The normalized spacial score (nSPS) is 28.9. The molecule has 6 nitrogen and oxygen atoms in total. The van der Waals surface area contributed by atoms with Crippen molar-refractivity contribution in [3.8, 4) is 0 Å². The van der Waals surface area contributed by atoms with E-state index in [1.807, 2.05) is 13.8 Å². The number of aliphatic carboxylic acids is 1. The Morgan fingerprint density at radius 1 is 1.32 bits per heavy atom. The van der Waals surface area contributed by atoms with E-state index in [-0.39, 0.29) is 22.9 Å². The number of Topliss-reactive ketones (excluding diaryl/α,β-unsaturated/α-hetero) is 1. The first-order valence-corrected chi connectivity index (χ1v) is 10.1. The molecule has 0 aromatic heterocycles. The van der Waals surface area contributed by atoms with Crippen LogP contribution in [-0.4, -0.2) is 31.0 Å². The van der Waals surface area contributed by atoms with Crippen molar-refractivity contribution in [1.29, 1.82) is 0 Å². The summed E-state index contributed by atoms with van der Waals surface area (Å²) in [6.07, 6.45) is 1.81. The molecule has 3 rings (SSSR count). The lowest BCUT2D eigenvalue weighted by Crippen LogP contribution is -2.46. The lowest BCUT2D eigenvalue weighted by atomic mass is 9.70. The molecule has 25 heavy (non-hydrogen) atoms. The topological polar surface area (TPSA) is 101 Å². The van der Waals surface area contributed by atoms with Crippen molar-refractivity contribution >= 4 is 21.8 Å². The molecule has 136 valence electrons. The van der Waals surface area contributed by atoms with Crippen molar-refractivity contribution in [1.82, 2.24) is 4.72 Å². The van der Waals surface area contributed by atoms with Gasteiger partial charge in [0.15, 0.2) is 0 Å². The summed E-state index contributed by atoms with van der Waals surface area (Å²) in [7, 11) is -3.96. The zero-order valence-electron chi connectivity index (χ0n) is 14.4. The maximum atomic E-state index is 12.8. The van der Waals surface area contributed by atoms with Crippen LogP contribution in [0.1, 0.15) is 44.7 Å². The second-order valence-electron chi connectivity index (χ2n) is 7.73. The van der Waals surface area contributed by atoms with Crippen LogP contribution < -0.4 is 4.72 Å². The molecule has 1 aromatic carbocycles. The minimum absolute atomic E-state index is 0.00860. The van der Waals surface area contributed by atoms with Gasteiger partial charge in [-0.25, -0.2) is 8.42 Å². The Balaban J connectivity index is 1.87. The summed E-state index contributed by atoms with van der Waals surface area (Å²) in [5.74, 6) is -1.42. The summed E-state index contributed by atoms with van der Waals surface area (Å²) in [6, 6.07) is 6.81. The highest BCUT2D eigenvalue weighted by Gasteiger charge is 2.65. The summed E-state index contributed by atoms with van der Waals surface area (Å²) in [5, 5.41) is 9.44. The zero-order valence-corrected chi connectivity index (χ0v) is 15.2. The molecule has 1 aromatic rings. The van der Waals surface area contributed by atoms with Gasteiger partial charge in [0.1, 0.15) is 11.8 Å². The maximum Gasteiger partial charge on any atom is 0.326 e. The van der Waals surface area contributed by atoms with Gasteiger partial charge >= 0.3 is 5.97 Å². The number of carbonyl (C=O) groups excluding carboxylic acids is 1. The molecule has 0 radical (unpaired) electrons. The molecule has 2 aliphatic rings. The first-order chi connectivity index (χ1) is 11.6. The fourth-order valence-electron chi connectivity index (χ4n) is 4.56. The highest BCUT2D eigenvalue weighted by atomic mass is 32.2. The monoisotopic (exact) mass is 365 g/mol. The van der Waals surface area contributed by atoms with Crippen LogP contribution >= 0.6 is 0 Å². The summed E-state index contributed by atoms with van der Waals surface area (Å²) >= 11 is 0. The van der Waals surface area contributed by atoms with Crippen LogP contribution in [-0.2, 0) is 19.6 Å². The fraction of sp³-hybridized carbons (Fsp3) is 0.556. The molecule has 2 N–H and O–H groups in total. The first kappa shape index (κ1) is 18.1. The molecular formula is C18H23NO5S. The number of carbonyl (C=O) groups is 2. The number of ketones is 1. The van der Waals surface area contributed by atoms with Gasteiger partial charge in [0.25, 0.3) is 0 Å². The smallest absolute Gasteiger partial charge is 0.326 e. The largest absolute Gasteiger partial charge is 0.480 e. The lowest BCUT2D eigenvalue weighted by Gasteiger charge is -2.36. The summed E-state index contributed by atoms with van der Waals surface area (Å²) < 4.78 is 27.8. The van der Waals surface area contributed by atoms with E-state index < -0.39 is 27.4 Å². The van der Waals surface area contributed by atoms with Crippen LogP contribution in [0.15, 0.2) is 30.3 Å². The number of nitrogens with one attached hydrogen (secondary N) is 1. The Morgan fingerprint density at radius 3 is 2.44 bits per heavy atom. The van der Waals surface area contributed by atoms with E-state index in [1.165, 1.54) is 0 Å². The van der Waals surface area contributed by atoms with Gasteiger partial charge in [-0.3, -0.25) is 9.59 Å². The Hall–Kier alpha value is -1.73. The number of hydrogen-bond donors (Lipinski definition) is 2. The van der Waals surface area contributed by atoms with Crippen molar-refractivity contribution in [2.45, 2.75) is 39.2 Å². The van der Waals surface area contributed by atoms with Crippen molar-refractivity contribution in [3.63, 3.8) is 0 Å². The van der Waals surface area contributed by atoms with E-state index >= 15 is 0 Å². The first-order valence-electron chi connectivity index (χ1n) is 8.40. The molecule has 0 heterocycles. The van der Waals surface area contributed by atoms with E-state index in [4.69, 9.17) is 0 Å². The maximum absolute atomic E-state index is 12.8. The third-order valence-electron chi connectivity index (χ3n) is 6.25. The number of sulfonamides is 1. The Kier molecular flexibility index (Phi) is 4.28. The van der Waals surface area contributed by atoms with Gasteiger partial charge in [-0.05, 0) is 29.7 Å². The molecular weight excluding hydrogens is 342 g/mol. The van der Waals surface area contributed by atoms with Gasteiger partial charge in [0, 0.05) is 11.8 Å². The Morgan fingerprint density at radius 2 is 1.96 bits per heavy atom. The number of rotatable bonds is 6. The van der Waals surface area contributed by atoms with E-state index in [0.717, 1.165) is 6.42 Å². The summed E-state index contributed by atoms with van der Waals surface area (Å²) in [6.45, 7) is 3.91. The van der Waals surface area contributed by atoms with Crippen molar-refractivity contribution < 1.29 is 23.1 Å². The van der Waals surface area contributed by atoms with E-state index in [2.05, 4.69) is 4.72 Å². The van der Waals surface area contributed by atoms with Crippen molar-refractivity contribution in [2.24, 2.45) is 16.7 Å². The molecule has 2 fully saturated rings. The average Bonchev–Trinajstić information content (AvgIpc) is 2.87. The highest BCUT2D eigenvalue weighted by Crippen LogP contribution is 2.64. The van der Waals surface area contributed by atoms with Crippen LogP contribution in [0.25, 0.3) is 0 Å². The fourth-order valence-corrected chi connectivity index (χ4v) is 6.57. The second-order valence-corrected chi connectivity index (χ2v) is 9.48. The van der Waals surface area contributed by atoms with Crippen molar-refractivity contribution in [3.05, 3.63) is 35.9 Å². The van der Waals surface area contributed by atoms with Crippen LogP contribution in [0.5, 0.6) is 0 Å². The molecule has 0 unspecified atom stereocenters. The van der Waals surface area contributed by atoms with Crippen LogP contribution in [0.4, 0.5) is 0 Å². The summed E-state index contributed by atoms with van der Waals surface area (Å²) in [4.78, 5) is 24.1. The minimum Gasteiger partial charge on any atom is -0.480 e. The number of hydrogen-bond acceptors (Lipinski definition) is 4. The third kappa shape index (κ3) is 2.89. The van der Waals surface area contributed by atoms with E-state index in [1.54, 1.807) is 30.3 Å². The number of fused-ring (bicyclic) bond motifs is 2. The van der Waals surface area contributed by atoms with E-state index in [9.17, 15) is 23.1 Å². The van der Waals surface area contributed by atoms with Crippen LogP contribution in [0.3, 0.4) is 0 Å². The third-order valence-corrected chi connectivity index (χ3v) is 7.72.